The van der Waals surface area contributed by atoms with Gasteiger partial charge < -0.3 is 19.3 Å². The number of ether oxygens (including phenoxy) is 2. The van der Waals surface area contributed by atoms with E-state index in [1.807, 2.05) is 11.3 Å². The van der Waals surface area contributed by atoms with Crippen LogP contribution in [0.3, 0.4) is 0 Å². The Morgan fingerprint density at radius 3 is 1.63 bits per heavy atom. The molecule has 10 aromatic rings. The molecule has 0 bridgehead atoms. The second-order valence-corrected chi connectivity index (χ2v) is 22.5. The number of anilines is 6. The number of rotatable bonds is 5. The Labute approximate surface area is 415 Å². The van der Waals surface area contributed by atoms with Crippen molar-refractivity contribution in [2.24, 2.45) is 0 Å². The lowest BCUT2D eigenvalue weighted by atomic mass is 9.33. The van der Waals surface area contributed by atoms with Crippen molar-refractivity contribution >= 4 is 88.7 Å². The lowest BCUT2D eigenvalue weighted by Crippen LogP contribution is -2.61. The van der Waals surface area contributed by atoms with E-state index in [1.165, 1.54) is 92.3 Å². The summed E-state index contributed by atoms with van der Waals surface area (Å²) in [5.74, 6) is 1.56. The van der Waals surface area contributed by atoms with Gasteiger partial charge in [-0.15, -0.1) is 11.3 Å². The first-order chi connectivity index (χ1) is 33.8. The van der Waals surface area contributed by atoms with E-state index in [0.29, 0.717) is 0 Å². The Bertz CT molecular complexity index is 3660. The molecule has 0 saturated carbocycles. The Morgan fingerprint density at radius 2 is 0.971 bits per heavy atom. The van der Waals surface area contributed by atoms with Crippen molar-refractivity contribution in [3.05, 3.63) is 199 Å². The number of fused-ring (bicyclic) bond motifs is 8. The molecule has 13 rings (SSSR count). The van der Waals surface area contributed by atoms with Crippen molar-refractivity contribution in [1.82, 2.24) is 0 Å². The number of thiophene rings is 1. The molecule has 0 saturated heterocycles. The summed E-state index contributed by atoms with van der Waals surface area (Å²) in [6.07, 6.45) is 0. The van der Waals surface area contributed by atoms with Crippen LogP contribution in [0.25, 0.3) is 53.6 Å². The van der Waals surface area contributed by atoms with Crippen LogP contribution in [0.1, 0.15) is 58.2 Å². The van der Waals surface area contributed by atoms with E-state index >= 15 is 0 Å². The Morgan fingerprint density at radius 1 is 0.429 bits per heavy atom. The van der Waals surface area contributed by atoms with Gasteiger partial charge in [-0.05, 0) is 151 Å². The van der Waals surface area contributed by atoms with Gasteiger partial charge in [0.15, 0.2) is 11.5 Å². The molecule has 3 aliphatic rings. The molecule has 6 heteroatoms. The van der Waals surface area contributed by atoms with Crippen LogP contribution in [-0.4, -0.2) is 13.5 Å². The highest BCUT2D eigenvalue weighted by molar-refractivity contribution is 7.25. The molecule has 340 valence electrons. The van der Waals surface area contributed by atoms with Gasteiger partial charge in [0.05, 0.1) is 0 Å². The Hall–Kier alpha value is -7.54. The first-order valence-electron chi connectivity index (χ1n) is 24.5. The van der Waals surface area contributed by atoms with Crippen LogP contribution in [0.2, 0.25) is 0 Å². The van der Waals surface area contributed by atoms with E-state index in [4.69, 9.17) is 9.47 Å². The second kappa shape index (κ2) is 15.7. The molecule has 3 aliphatic heterocycles. The lowest BCUT2D eigenvalue weighted by molar-refractivity contribution is 0.174. The average molecular weight is 925 g/mol. The molecular weight excluding hydrogens is 872 g/mol. The summed E-state index contributed by atoms with van der Waals surface area (Å²) >= 11 is 1.87. The molecule has 0 spiro atoms. The van der Waals surface area contributed by atoms with Crippen molar-refractivity contribution in [3.63, 3.8) is 0 Å². The average Bonchev–Trinajstić information content (AvgIpc) is 3.99. The van der Waals surface area contributed by atoms with Gasteiger partial charge in [0.1, 0.15) is 0 Å². The van der Waals surface area contributed by atoms with Crippen LogP contribution in [0.4, 0.5) is 34.1 Å². The van der Waals surface area contributed by atoms with E-state index in [1.54, 1.807) is 0 Å². The number of aryl methyl sites for hydroxylation is 1. The fourth-order valence-electron chi connectivity index (χ4n) is 11.1. The van der Waals surface area contributed by atoms with Gasteiger partial charge in [0.2, 0.25) is 6.79 Å². The molecule has 0 aliphatic carbocycles. The molecule has 9 aromatic carbocycles. The topological polar surface area (TPSA) is 24.9 Å². The van der Waals surface area contributed by atoms with Gasteiger partial charge in [-0.3, -0.25) is 0 Å². The molecule has 1 aromatic heterocycles. The molecule has 4 nitrogen and oxygen atoms in total. The van der Waals surface area contributed by atoms with Crippen molar-refractivity contribution in [3.8, 4) is 44.9 Å². The molecule has 0 radical (unpaired) electrons. The molecule has 0 atom stereocenters. The minimum absolute atomic E-state index is 0.0482. The first kappa shape index (κ1) is 42.6. The van der Waals surface area contributed by atoms with Crippen LogP contribution >= 0.6 is 11.3 Å². The number of para-hydroxylation sites is 1. The van der Waals surface area contributed by atoms with Crippen LogP contribution in [0.15, 0.2) is 182 Å². The van der Waals surface area contributed by atoms with Crippen molar-refractivity contribution in [2.45, 2.75) is 59.3 Å². The fourth-order valence-corrected chi connectivity index (χ4v) is 12.3. The largest absolute Gasteiger partial charge is 0.454 e. The minimum Gasteiger partial charge on any atom is -0.454 e. The maximum absolute atomic E-state index is 6.20. The zero-order valence-corrected chi connectivity index (χ0v) is 41.5. The third-order valence-electron chi connectivity index (χ3n) is 14.8. The number of benzene rings is 9. The van der Waals surface area contributed by atoms with E-state index in [-0.39, 0.29) is 24.3 Å². The van der Waals surface area contributed by atoms with E-state index in [2.05, 4.69) is 240 Å². The van der Waals surface area contributed by atoms with E-state index in [0.717, 1.165) is 39.9 Å². The molecule has 70 heavy (non-hydrogen) atoms. The minimum atomic E-state index is -0.105. The van der Waals surface area contributed by atoms with Gasteiger partial charge in [-0.2, -0.15) is 0 Å². The smallest absolute Gasteiger partial charge is 0.252 e. The van der Waals surface area contributed by atoms with Gasteiger partial charge >= 0.3 is 0 Å². The zero-order chi connectivity index (χ0) is 47.6. The highest BCUT2D eigenvalue weighted by Crippen LogP contribution is 2.49. The summed E-state index contributed by atoms with van der Waals surface area (Å²) < 4.78 is 14.9. The standard InChI is InChI=1S/C64H53BN2O2S/c1-39-29-56-62-57(30-39)67(49-32-44(40-17-23-46(24-18-40)63(2,3)4)31-45(33-49)41-19-25-47(26-20-41)64(5,6)7)54-28-22-42(43-21-27-51-50-15-11-12-16-60(50)70-61(51)35-43)34-52(54)65(62)53-36-58-59(69-38-68-58)37-55(53)66(56)48-13-9-8-10-14-48/h8-37H,38H2,1-7H3. The molecule has 4 heterocycles. The summed E-state index contributed by atoms with van der Waals surface area (Å²) in [5.41, 5.74) is 21.6. The van der Waals surface area contributed by atoms with Gasteiger partial charge in [0, 0.05) is 60.4 Å². The monoisotopic (exact) mass is 924 g/mol. The summed E-state index contributed by atoms with van der Waals surface area (Å²) in [6.45, 7) is 16.0. The highest BCUT2D eigenvalue weighted by atomic mass is 32.1. The zero-order valence-electron chi connectivity index (χ0n) is 40.7. The molecule has 0 fully saturated rings. The van der Waals surface area contributed by atoms with Crippen LogP contribution < -0.4 is 35.7 Å². The Kier molecular flexibility index (Phi) is 9.57. The lowest BCUT2D eigenvalue weighted by Gasteiger charge is -2.44. The summed E-state index contributed by atoms with van der Waals surface area (Å²) in [5, 5.41) is 2.62. The molecule has 0 unspecified atom stereocenters. The van der Waals surface area contributed by atoms with Crippen LogP contribution in [-0.2, 0) is 10.8 Å². The maximum atomic E-state index is 6.20. The van der Waals surface area contributed by atoms with Crippen molar-refractivity contribution in [2.75, 3.05) is 16.6 Å². The van der Waals surface area contributed by atoms with E-state index in [9.17, 15) is 0 Å². The molecule has 0 N–H and O–H groups in total. The van der Waals surface area contributed by atoms with Crippen molar-refractivity contribution < 1.29 is 9.47 Å². The van der Waals surface area contributed by atoms with Gasteiger partial charge in [-0.25, -0.2) is 0 Å². The number of hydrogen-bond donors (Lipinski definition) is 0. The molecule has 0 amide bonds. The quantitative estimate of drug-likeness (QED) is 0.161. The predicted molar refractivity (Wildman–Crippen MR) is 298 cm³/mol. The number of nitrogens with zero attached hydrogens (tertiary/aromatic N) is 2. The van der Waals surface area contributed by atoms with Crippen LogP contribution in [0, 0.1) is 6.92 Å². The van der Waals surface area contributed by atoms with Gasteiger partial charge in [0.25, 0.3) is 6.71 Å². The van der Waals surface area contributed by atoms with Crippen molar-refractivity contribution in [1.29, 1.82) is 0 Å². The first-order valence-corrected chi connectivity index (χ1v) is 25.3. The Balaban J connectivity index is 1.08. The summed E-state index contributed by atoms with van der Waals surface area (Å²) in [7, 11) is 0. The summed E-state index contributed by atoms with van der Waals surface area (Å²) in [4.78, 5) is 5.00. The van der Waals surface area contributed by atoms with E-state index < -0.39 is 0 Å². The third kappa shape index (κ3) is 6.94. The SMILES string of the molecule is Cc1cc2c3c(c1)N(c1ccccc1)c1cc4c(cc1B3c1cc(-c3ccc5c(c3)sc3ccccc35)ccc1N2c1cc(-c2ccc(C(C)(C)C)cc2)cc(-c2ccc(C(C)(C)C)cc2)c1)OCO4. The highest BCUT2D eigenvalue weighted by Gasteiger charge is 2.45. The number of hydrogen-bond acceptors (Lipinski definition) is 5. The predicted octanol–water partition coefficient (Wildman–Crippen LogP) is 15.8. The fraction of sp³-hybridized carbons (Fsp3) is 0.156. The second-order valence-electron chi connectivity index (χ2n) is 21.4. The third-order valence-corrected chi connectivity index (χ3v) is 15.9. The maximum Gasteiger partial charge on any atom is 0.252 e. The van der Waals surface area contributed by atoms with Crippen LogP contribution in [0.5, 0.6) is 11.5 Å². The summed E-state index contributed by atoms with van der Waals surface area (Å²) in [6, 6.07) is 68.6. The normalized spacial score (nSPS) is 13.7. The van der Waals surface area contributed by atoms with Gasteiger partial charge in [-0.1, -0.05) is 151 Å². The molecular formula is C64H53BN2O2S.